The first kappa shape index (κ1) is 19.0. The summed E-state index contributed by atoms with van der Waals surface area (Å²) in [4.78, 5) is 10.5. The number of rotatable bonds is 6. The van der Waals surface area contributed by atoms with E-state index in [2.05, 4.69) is 10.5 Å². The first-order valence-corrected chi connectivity index (χ1v) is 9.97. The topological polar surface area (TPSA) is 105 Å². The summed E-state index contributed by atoms with van der Waals surface area (Å²) in [5.41, 5.74) is 4.91. The lowest BCUT2D eigenvalue weighted by Gasteiger charge is -2.15. The van der Waals surface area contributed by atoms with E-state index in [0.29, 0.717) is 24.5 Å². The molecule has 142 valence electrons. The van der Waals surface area contributed by atoms with E-state index >= 15 is 0 Å². The molecule has 1 N–H and O–H groups in total. The molecular weight excluding hydrogens is 368 g/mol. The molecule has 0 aliphatic carbocycles. The summed E-state index contributed by atoms with van der Waals surface area (Å²) >= 11 is 0. The van der Waals surface area contributed by atoms with Crippen LogP contribution >= 0.6 is 0 Å². The maximum atomic E-state index is 12.5. The molecule has 1 aliphatic heterocycles. The third-order valence-electron chi connectivity index (χ3n) is 4.41. The molecule has 2 aromatic carbocycles. The Morgan fingerprint density at radius 3 is 2.22 bits per heavy atom. The lowest BCUT2D eigenvalue weighted by molar-refractivity contribution is -0.384. The molecule has 27 heavy (non-hydrogen) atoms. The van der Waals surface area contributed by atoms with E-state index in [1.54, 1.807) is 43.3 Å². The zero-order valence-electron chi connectivity index (χ0n) is 14.8. The standard InChI is InChI=1S/C18H20N4O4S/c1-14(19-20-16-6-8-17(9-7-16)22(23)24)15-4-10-18(11-5-15)27(25,26)21-12-2-3-13-21/h4-11,20H,2-3,12-13H2,1H3/b19-14+. The Labute approximate surface area is 157 Å². The summed E-state index contributed by atoms with van der Waals surface area (Å²) in [5.74, 6) is 0. The first-order chi connectivity index (χ1) is 12.9. The Bertz CT molecular complexity index is 948. The van der Waals surface area contributed by atoms with Gasteiger partial charge in [0.25, 0.3) is 5.69 Å². The third kappa shape index (κ3) is 4.32. The van der Waals surface area contributed by atoms with E-state index in [-0.39, 0.29) is 10.6 Å². The molecule has 0 radical (unpaired) electrons. The third-order valence-corrected chi connectivity index (χ3v) is 6.32. The van der Waals surface area contributed by atoms with Gasteiger partial charge in [-0.25, -0.2) is 8.42 Å². The highest BCUT2D eigenvalue weighted by Gasteiger charge is 2.26. The summed E-state index contributed by atoms with van der Waals surface area (Å²) in [6.45, 7) is 2.94. The van der Waals surface area contributed by atoms with Crippen molar-refractivity contribution in [1.29, 1.82) is 0 Å². The molecule has 3 rings (SSSR count). The Kier molecular flexibility index (Phi) is 5.52. The largest absolute Gasteiger partial charge is 0.278 e. The van der Waals surface area contributed by atoms with Crippen LogP contribution in [0, 0.1) is 10.1 Å². The van der Waals surface area contributed by atoms with Gasteiger partial charge in [-0.15, -0.1) is 0 Å². The van der Waals surface area contributed by atoms with Crippen LogP contribution < -0.4 is 5.43 Å². The zero-order valence-corrected chi connectivity index (χ0v) is 15.6. The van der Waals surface area contributed by atoms with Crippen LogP contribution in [0.3, 0.4) is 0 Å². The molecule has 0 saturated carbocycles. The number of hydrogen-bond donors (Lipinski definition) is 1. The van der Waals surface area contributed by atoms with E-state index in [0.717, 1.165) is 18.4 Å². The molecule has 0 spiro atoms. The number of anilines is 1. The molecule has 2 aromatic rings. The van der Waals surface area contributed by atoms with Gasteiger partial charge in [0.1, 0.15) is 0 Å². The maximum absolute atomic E-state index is 12.5. The van der Waals surface area contributed by atoms with Crippen LogP contribution in [0.1, 0.15) is 25.3 Å². The molecule has 9 heteroatoms. The van der Waals surface area contributed by atoms with Gasteiger partial charge in [0.05, 0.1) is 21.2 Å². The summed E-state index contributed by atoms with van der Waals surface area (Å²) in [5, 5.41) is 14.9. The fourth-order valence-corrected chi connectivity index (χ4v) is 4.33. The molecule has 1 aliphatic rings. The van der Waals surface area contributed by atoms with Crippen molar-refractivity contribution in [3.63, 3.8) is 0 Å². The Hall–Kier alpha value is -2.78. The van der Waals surface area contributed by atoms with Crippen molar-refractivity contribution in [3.8, 4) is 0 Å². The van der Waals surface area contributed by atoms with Crippen LogP contribution in [0.4, 0.5) is 11.4 Å². The molecule has 1 heterocycles. The second-order valence-corrected chi connectivity index (χ2v) is 8.19. The van der Waals surface area contributed by atoms with Crippen molar-refractivity contribution in [1.82, 2.24) is 4.31 Å². The van der Waals surface area contributed by atoms with Gasteiger partial charge in [-0.3, -0.25) is 15.5 Å². The smallest absolute Gasteiger partial charge is 0.269 e. The number of nitro groups is 1. The normalized spacial score (nSPS) is 15.7. The SMILES string of the molecule is C/C(=N\Nc1ccc([N+](=O)[O-])cc1)c1ccc(S(=O)(=O)N2CCCC2)cc1. The molecule has 8 nitrogen and oxygen atoms in total. The zero-order chi connectivity index (χ0) is 19.4. The van der Waals surface area contributed by atoms with Crippen LogP contribution in [-0.2, 0) is 10.0 Å². The van der Waals surface area contributed by atoms with Gasteiger partial charge in [-0.05, 0) is 49.6 Å². The van der Waals surface area contributed by atoms with Crippen LogP contribution in [-0.4, -0.2) is 36.4 Å². The molecule has 0 bridgehead atoms. The van der Waals surface area contributed by atoms with E-state index in [1.807, 2.05) is 0 Å². The van der Waals surface area contributed by atoms with Crippen LogP contribution in [0.25, 0.3) is 0 Å². The number of sulfonamides is 1. The van der Waals surface area contributed by atoms with Crippen molar-refractivity contribution in [2.24, 2.45) is 5.10 Å². The van der Waals surface area contributed by atoms with Crippen LogP contribution in [0.2, 0.25) is 0 Å². The summed E-state index contributed by atoms with van der Waals surface area (Å²) in [6.07, 6.45) is 1.80. The molecule has 0 atom stereocenters. The second kappa shape index (κ2) is 7.85. The van der Waals surface area contributed by atoms with Crippen molar-refractivity contribution in [2.45, 2.75) is 24.7 Å². The predicted octanol–water partition coefficient (Wildman–Crippen LogP) is 3.22. The molecular formula is C18H20N4O4S. The summed E-state index contributed by atoms with van der Waals surface area (Å²) < 4.78 is 26.6. The minimum Gasteiger partial charge on any atom is -0.278 e. The van der Waals surface area contributed by atoms with Crippen LogP contribution in [0.5, 0.6) is 0 Å². The first-order valence-electron chi connectivity index (χ1n) is 8.53. The number of non-ortho nitro benzene ring substituents is 1. The Balaban J connectivity index is 1.70. The highest BCUT2D eigenvalue weighted by atomic mass is 32.2. The van der Waals surface area contributed by atoms with Crippen molar-refractivity contribution < 1.29 is 13.3 Å². The molecule has 1 fully saturated rings. The van der Waals surface area contributed by atoms with E-state index in [9.17, 15) is 18.5 Å². The van der Waals surface area contributed by atoms with Gasteiger partial charge >= 0.3 is 0 Å². The number of hydrogen-bond acceptors (Lipinski definition) is 6. The molecule has 0 unspecified atom stereocenters. The fraction of sp³-hybridized carbons (Fsp3) is 0.278. The van der Waals surface area contributed by atoms with Gasteiger partial charge in [0, 0.05) is 25.2 Å². The quantitative estimate of drug-likeness (QED) is 0.465. The maximum Gasteiger partial charge on any atom is 0.269 e. The van der Waals surface area contributed by atoms with Crippen molar-refractivity contribution >= 4 is 27.1 Å². The average Bonchev–Trinajstić information content (AvgIpc) is 3.22. The van der Waals surface area contributed by atoms with Gasteiger partial charge in [-0.1, -0.05) is 12.1 Å². The average molecular weight is 388 g/mol. The van der Waals surface area contributed by atoms with Gasteiger partial charge in [0.15, 0.2) is 0 Å². The number of nitrogens with zero attached hydrogens (tertiary/aromatic N) is 3. The summed E-state index contributed by atoms with van der Waals surface area (Å²) in [6, 6.07) is 12.6. The summed E-state index contributed by atoms with van der Waals surface area (Å²) in [7, 11) is -3.42. The minimum atomic E-state index is -3.42. The Morgan fingerprint density at radius 2 is 1.67 bits per heavy atom. The minimum absolute atomic E-state index is 0.0102. The Morgan fingerprint density at radius 1 is 1.07 bits per heavy atom. The second-order valence-electron chi connectivity index (χ2n) is 6.25. The lowest BCUT2D eigenvalue weighted by Crippen LogP contribution is -2.27. The lowest BCUT2D eigenvalue weighted by atomic mass is 10.1. The highest BCUT2D eigenvalue weighted by Crippen LogP contribution is 2.21. The van der Waals surface area contributed by atoms with Crippen molar-refractivity contribution in [2.75, 3.05) is 18.5 Å². The van der Waals surface area contributed by atoms with Gasteiger partial charge < -0.3 is 0 Å². The number of hydrazone groups is 1. The fourth-order valence-electron chi connectivity index (χ4n) is 2.82. The molecule has 0 amide bonds. The van der Waals surface area contributed by atoms with Gasteiger partial charge in [0.2, 0.25) is 10.0 Å². The molecule has 1 saturated heterocycles. The van der Waals surface area contributed by atoms with Crippen LogP contribution in [0.15, 0.2) is 58.5 Å². The number of benzene rings is 2. The molecule has 0 aromatic heterocycles. The van der Waals surface area contributed by atoms with E-state index < -0.39 is 14.9 Å². The highest BCUT2D eigenvalue weighted by molar-refractivity contribution is 7.89. The number of nitro benzene ring substituents is 1. The number of nitrogens with one attached hydrogen (secondary N) is 1. The van der Waals surface area contributed by atoms with Gasteiger partial charge in [-0.2, -0.15) is 9.41 Å². The monoisotopic (exact) mass is 388 g/mol. The van der Waals surface area contributed by atoms with Crippen molar-refractivity contribution in [3.05, 3.63) is 64.2 Å². The van der Waals surface area contributed by atoms with E-state index in [4.69, 9.17) is 0 Å². The van der Waals surface area contributed by atoms with E-state index in [1.165, 1.54) is 16.4 Å². The predicted molar refractivity (Wildman–Crippen MR) is 103 cm³/mol.